The molecule has 2 aliphatic rings. The smallest absolute Gasteiger partial charge is 0.223 e. The number of piperidine rings is 1. The zero-order valence-corrected chi connectivity index (χ0v) is 16.6. The number of hydrogen-bond acceptors (Lipinski definition) is 5. The molecule has 4 rings (SSSR count). The van der Waals surface area contributed by atoms with Gasteiger partial charge in [0.05, 0.1) is 0 Å². The standard InChI is InChI=1S/C21H28N4OS/c26-20(18-8-4-5-9-18)22-15-17-10-12-25(13-11-17)21-23-19(24-27-21)14-16-6-2-1-3-7-16/h1-3,6-7,17-18H,4-5,8-15H2,(H,22,26). The lowest BCUT2D eigenvalue weighted by molar-refractivity contribution is -0.125. The molecular formula is C21H28N4OS. The number of amides is 1. The van der Waals surface area contributed by atoms with Crippen molar-refractivity contribution in [2.75, 3.05) is 24.5 Å². The number of nitrogens with one attached hydrogen (secondary N) is 1. The maximum absolute atomic E-state index is 12.2. The molecule has 27 heavy (non-hydrogen) atoms. The molecule has 2 heterocycles. The Hall–Kier alpha value is -1.95. The van der Waals surface area contributed by atoms with E-state index in [4.69, 9.17) is 4.98 Å². The molecule has 2 fully saturated rings. The Bertz CT molecular complexity index is 734. The number of hydrogen-bond donors (Lipinski definition) is 1. The maximum Gasteiger partial charge on any atom is 0.223 e. The Balaban J connectivity index is 1.23. The van der Waals surface area contributed by atoms with Gasteiger partial charge in [-0.05, 0) is 37.2 Å². The summed E-state index contributed by atoms with van der Waals surface area (Å²) in [5.41, 5.74) is 1.25. The number of aromatic nitrogens is 2. The molecule has 1 aliphatic carbocycles. The van der Waals surface area contributed by atoms with Gasteiger partial charge in [0.1, 0.15) is 5.82 Å². The van der Waals surface area contributed by atoms with Crippen LogP contribution in [-0.4, -0.2) is 34.9 Å². The zero-order chi connectivity index (χ0) is 18.5. The monoisotopic (exact) mass is 384 g/mol. The van der Waals surface area contributed by atoms with Crippen molar-refractivity contribution in [1.82, 2.24) is 14.7 Å². The minimum absolute atomic E-state index is 0.273. The van der Waals surface area contributed by atoms with Crippen LogP contribution in [0.1, 0.15) is 49.9 Å². The second-order valence-corrected chi connectivity index (χ2v) is 8.54. The molecule has 144 valence electrons. The largest absolute Gasteiger partial charge is 0.356 e. The number of carbonyl (C=O) groups is 1. The molecule has 2 aromatic rings. The van der Waals surface area contributed by atoms with Crippen molar-refractivity contribution in [3.05, 3.63) is 41.7 Å². The third kappa shape index (κ3) is 4.86. The van der Waals surface area contributed by atoms with Crippen LogP contribution in [0.5, 0.6) is 0 Å². The quantitative estimate of drug-likeness (QED) is 0.826. The molecule has 0 radical (unpaired) electrons. The highest BCUT2D eigenvalue weighted by atomic mass is 32.1. The first kappa shape index (κ1) is 18.4. The third-order valence-electron chi connectivity index (χ3n) is 5.84. The summed E-state index contributed by atoms with van der Waals surface area (Å²) in [6.07, 6.45) is 7.59. The molecule has 1 aromatic carbocycles. The van der Waals surface area contributed by atoms with Gasteiger partial charge >= 0.3 is 0 Å². The molecule has 0 bridgehead atoms. The number of nitrogens with zero attached hydrogens (tertiary/aromatic N) is 3. The van der Waals surface area contributed by atoms with Crippen LogP contribution in [0.15, 0.2) is 30.3 Å². The van der Waals surface area contributed by atoms with Crippen molar-refractivity contribution in [3.63, 3.8) is 0 Å². The fourth-order valence-electron chi connectivity index (χ4n) is 4.13. The summed E-state index contributed by atoms with van der Waals surface area (Å²) >= 11 is 1.51. The molecule has 0 spiro atoms. The molecule has 5 nitrogen and oxygen atoms in total. The molecule has 1 aliphatic heterocycles. The number of anilines is 1. The summed E-state index contributed by atoms with van der Waals surface area (Å²) in [6, 6.07) is 10.4. The number of carbonyl (C=O) groups excluding carboxylic acids is 1. The van der Waals surface area contributed by atoms with E-state index in [0.29, 0.717) is 5.92 Å². The van der Waals surface area contributed by atoms with E-state index in [1.807, 2.05) is 6.07 Å². The van der Waals surface area contributed by atoms with E-state index in [2.05, 4.69) is 38.9 Å². The lowest BCUT2D eigenvalue weighted by atomic mass is 9.96. The summed E-state index contributed by atoms with van der Waals surface area (Å²) in [7, 11) is 0. The van der Waals surface area contributed by atoms with E-state index in [-0.39, 0.29) is 11.8 Å². The van der Waals surface area contributed by atoms with Gasteiger partial charge in [-0.1, -0.05) is 43.2 Å². The van der Waals surface area contributed by atoms with Gasteiger partial charge in [0.25, 0.3) is 0 Å². The highest BCUT2D eigenvalue weighted by Crippen LogP contribution is 2.27. The van der Waals surface area contributed by atoms with Crippen molar-refractivity contribution >= 4 is 22.6 Å². The van der Waals surface area contributed by atoms with Crippen molar-refractivity contribution < 1.29 is 4.79 Å². The fourth-order valence-corrected chi connectivity index (χ4v) is 4.87. The lowest BCUT2D eigenvalue weighted by Gasteiger charge is -2.31. The van der Waals surface area contributed by atoms with Gasteiger partial charge in [-0.15, -0.1) is 0 Å². The van der Waals surface area contributed by atoms with Crippen molar-refractivity contribution in [1.29, 1.82) is 0 Å². The van der Waals surface area contributed by atoms with Crippen LogP contribution in [-0.2, 0) is 11.2 Å². The van der Waals surface area contributed by atoms with E-state index in [1.54, 1.807) is 0 Å². The second kappa shape index (κ2) is 8.83. The van der Waals surface area contributed by atoms with Crippen LogP contribution in [0.4, 0.5) is 5.13 Å². The van der Waals surface area contributed by atoms with E-state index < -0.39 is 0 Å². The summed E-state index contributed by atoms with van der Waals surface area (Å²) in [6.45, 7) is 2.84. The molecule has 1 amide bonds. The lowest BCUT2D eigenvalue weighted by Crippen LogP contribution is -2.40. The first-order chi connectivity index (χ1) is 13.3. The average Bonchev–Trinajstić information content (AvgIpc) is 3.40. The SMILES string of the molecule is O=C(NCC1CCN(c2nc(Cc3ccccc3)ns2)CC1)C1CCCC1. The van der Waals surface area contributed by atoms with Crippen LogP contribution in [0.25, 0.3) is 0 Å². The Labute approximate surface area is 165 Å². The fraction of sp³-hybridized carbons (Fsp3) is 0.571. The molecule has 0 unspecified atom stereocenters. The molecule has 1 saturated carbocycles. The Morgan fingerprint density at radius 3 is 2.59 bits per heavy atom. The molecule has 6 heteroatoms. The number of benzene rings is 1. The van der Waals surface area contributed by atoms with E-state index in [1.165, 1.54) is 29.9 Å². The van der Waals surface area contributed by atoms with Gasteiger partial charge in [0, 0.05) is 43.5 Å². The first-order valence-corrected chi connectivity index (χ1v) is 10.9. The summed E-state index contributed by atoms with van der Waals surface area (Å²) in [5, 5.41) is 4.23. The van der Waals surface area contributed by atoms with Gasteiger partial charge in [-0.25, -0.2) is 4.98 Å². The summed E-state index contributed by atoms with van der Waals surface area (Å²) in [4.78, 5) is 19.3. The minimum Gasteiger partial charge on any atom is -0.356 e. The summed E-state index contributed by atoms with van der Waals surface area (Å²) in [5.74, 6) is 2.05. The van der Waals surface area contributed by atoms with E-state index in [9.17, 15) is 4.79 Å². The van der Waals surface area contributed by atoms with Crippen molar-refractivity contribution in [3.8, 4) is 0 Å². The highest BCUT2D eigenvalue weighted by molar-refractivity contribution is 7.09. The predicted octanol–water partition coefficient (Wildman–Crippen LogP) is 3.65. The molecule has 1 N–H and O–H groups in total. The normalized spacial score (nSPS) is 18.7. The van der Waals surface area contributed by atoms with Crippen molar-refractivity contribution in [2.24, 2.45) is 11.8 Å². The topological polar surface area (TPSA) is 58.1 Å². The minimum atomic E-state index is 0.273. The van der Waals surface area contributed by atoms with Gasteiger partial charge in [0.2, 0.25) is 11.0 Å². The van der Waals surface area contributed by atoms with E-state index in [0.717, 1.165) is 62.7 Å². The molecule has 1 aromatic heterocycles. The zero-order valence-electron chi connectivity index (χ0n) is 15.8. The van der Waals surface area contributed by atoms with Crippen LogP contribution in [0, 0.1) is 11.8 Å². The third-order valence-corrected chi connectivity index (χ3v) is 6.65. The Morgan fingerprint density at radius 2 is 1.85 bits per heavy atom. The van der Waals surface area contributed by atoms with Gasteiger partial charge < -0.3 is 10.2 Å². The van der Waals surface area contributed by atoms with Gasteiger partial charge in [0.15, 0.2) is 0 Å². The van der Waals surface area contributed by atoms with Crippen molar-refractivity contribution in [2.45, 2.75) is 44.9 Å². The van der Waals surface area contributed by atoms with Crippen LogP contribution < -0.4 is 10.2 Å². The second-order valence-electron chi connectivity index (χ2n) is 7.81. The molecular weight excluding hydrogens is 356 g/mol. The van der Waals surface area contributed by atoms with Gasteiger partial charge in [-0.3, -0.25) is 4.79 Å². The van der Waals surface area contributed by atoms with Crippen LogP contribution >= 0.6 is 11.5 Å². The molecule has 1 saturated heterocycles. The van der Waals surface area contributed by atoms with E-state index >= 15 is 0 Å². The average molecular weight is 385 g/mol. The molecule has 0 atom stereocenters. The first-order valence-electron chi connectivity index (χ1n) is 10.2. The Kier molecular flexibility index (Phi) is 6.02. The summed E-state index contributed by atoms with van der Waals surface area (Å²) < 4.78 is 4.54. The Morgan fingerprint density at radius 1 is 1.11 bits per heavy atom. The predicted molar refractivity (Wildman–Crippen MR) is 109 cm³/mol. The maximum atomic E-state index is 12.2. The van der Waals surface area contributed by atoms with Crippen LogP contribution in [0.3, 0.4) is 0 Å². The number of rotatable bonds is 6. The highest BCUT2D eigenvalue weighted by Gasteiger charge is 2.25. The van der Waals surface area contributed by atoms with Gasteiger partial charge in [-0.2, -0.15) is 4.37 Å². The van der Waals surface area contributed by atoms with Crippen LogP contribution in [0.2, 0.25) is 0 Å².